The Balaban J connectivity index is 1.93. The molecule has 0 spiro atoms. The quantitative estimate of drug-likeness (QED) is 0.620. The molecule has 16 heavy (non-hydrogen) atoms. The molecule has 0 radical (unpaired) electrons. The van der Waals surface area contributed by atoms with Crippen LogP contribution >= 0.6 is 11.6 Å². The van der Waals surface area contributed by atoms with Crippen molar-refractivity contribution >= 4 is 17.3 Å². The first-order chi connectivity index (χ1) is 7.74. The van der Waals surface area contributed by atoms with Gasteiger partial charge < -0.3 is 5.32 Å². The largest absolute Gasteiger partial charge is 0.382 e. The van der Waals surface area contributed by atoms with E-state index < -0.39 is 0 Å². The predicted octanol–water partition coefficient (Wildman–Crippen LogP) is 4.12. The van der Waals surface area contributed by atoms with E-state index in [0.717, 1.165) is 11.6 Å². The maximum Gasteiger partial charge on any atom is 0.131 e. The van der Waals surface area contributed by atoms with Gasteiger partial charge in [-0.15, -0.1) is 0 Å². The van der Waals surface area contributed by atoms with E-state index in [-0.39, 0.29) is 0 Å². The molecular formula is C13H19ClN2. The zero-order chi connectivity index (χ0) is 11.4. The van der Waals surface area contributed by atoms with Crippen LogP contribution in [0.15, 0.2) is 18.3 Å². The molecule has 2 atom stereocenters. The summed E-state index contributed by atoms with van der Waals surface area (Å²) in [5.74, 6) is 0.882. The van der Waals surface area contributed by atoms with Gasteiger partial charge in [0, 0.05) is 17.9 Å². The zero-order valence-electron chi connectivity index (χ0n) is 9.75. The summed E-state index contributed by atoms with van der Waals surface area (Å²) >= 11 is 5.87. The third-order valence-corrected chi connectivity index (χ3v) is 3.56. The Hall–Kier alpha value is -0.760. The van der Waals surface area contributed by atoms with Crippen LogP contribution in [0.25, 0.3) is 0 Å². The minimum absolute atomic E-state index is 0.562. The summed E-state index contributed by atoms with van der Waals surface area (Å²) in [6, 6.07) is 4.49. The third-order valence-electron chi connectivity index (χ3n) is 3.35. The van der Waals surface area contributed by atoms with Crippen molar-refractivity contribution in [3.8, 4) is 0 Å². The lowest BCUT2D eigenvalue weighted by molar-refractivity contribution is 0.502. The Morgan fingerprint density at radius 3 is 3.00 bits per heavy atom. The number of rotatable bonds is 2. The molecule has 88 valence electrons. The van der Waals surface area contributed by atoms with Gasteiger partial charge in [-0.3, -0.25) is 0 Å². The summed E-state index contributed by atoms with van der Waals surface area (Å²) < 4.78 is 0. The Morgan fingerprint density at radius 2 is 2.19 bits per heavy atom. The van der Waals surface area contributed by atoms with E-state index in [1.807, 2.05) is 12.1 Å². The van der Waals surface area contributed by atoms with Gasteiger partial charge in [-0.1, -0.05) is 31.4 Å². The van der Waals surface area contributed by atoms with Crippen LogP contribution in [-0.2, 0) is 0 Å². The Morgan fingerprint density at radius 1 is 1.31 bits per heavy atom. The molecule has 1 aliphatic rings. The highest BCUT2D eigenvalue weighted by Gasteiger charge is 2.15. The SMILES string of the molecule is CC1CCCC(Nc2ccnc(Cl)c2)CC1. The molecule has 1 saturated carbocycles. The number of hydrogen-bond acceptors (Lipinski definition) is 2. The lowest BCUT2D eigenvalue weighted by atomic mass is 10.0. The molecule has 2 unspecified atom stereocenters. The van der Waals surface area contributed by atoms with Crippen LogP contribution in [0.2, 0.25) is 5.15 Å². The molecule has 1 N–H and O–H groups in total. The van der Waals surface area contributed by atoms with Crippen molar-refractivity contribution in [3.05, 3.63) is 23.5 Å². The standard InChI is InChI=1S/C13H19ClN2/c1-10-3-2-4-11(6-5-10)16-12-7-8-15-13(14)9-12/h7-11H,2-6H2,1H3,(H,15,16). The summed E-state index contributed by atoms with van der Waals surface area (Å²) in [4.78, 5) is 3.99. The van der Waals surface area contributed by atoms with Gasteiger partial charge in [0.2, 0.25) is 0 Å². The van der Waals surface area contributed by atoms with E-state index in [1.54, 1.807) is 6.20 Å². The van der Waals surface area contributed by atoms with Gasteiger partial charge >= 0.3 is 0 Å². The summed E-state index contributed by atoms with van der Waals surface area (Å²) in [5.41, 5.74) is 1.10. The number of nitrogens with zero attached hydrogens (tertiary/aromatic N) is 1. The molecule has 0 aliphatic heterocycles. The maximum absolute atomic E-state index is 5.87. The van der Waals surface area contributed by atoms with E-state index in [0.29, 0.717) is 11.2 Å². The average Bonchev–Trinajstić information content (AvgIpc) is 2.44. The number of hydrogen-bond donors (Lipinski definition) is 1. The van der Waals surface area contributed by atoms with Crippen molar-refractivity contribution < 1.29 is 0 Å². The molecule has 0 aromatic carbocycles. The number of aromatic nitrogens is 1. The van der Waals surface area contributed by atoms with Crippen molar-refractivity contribution in [3.63, 3.8) is 0 Å². The fourth-order valence-corrected chi connectivity index (χ4v) is 2.53. The van der Waals surface area contributed by atoms with Crippen LogP contribution in [0.3, 0.4) is 0 Å². The predicted molar refractivity (Wildman–Crippen MR) is 68.9 cm³/mol. The number of halogens is 1. The summed E-state index contributed by atoms with van der Waals surface area (Å²) in [6.45, 7) is 2.35. The van der Waals surface area contributed by atoms with E-state index in [1.165, 1.54) is 32.1 Å². The van der Waals surface area contributed by atoms with Crippen molar-refractivity contribution in [1.82, 2.24) is 4.98 Å². The van der Waals surface area contributed by atoms with E-state index in [4.69, 9.17) is 11.6 Å². The molecule has 0 bridgehead atoms. The Labute approximate surface area is 102 Å². The van der Waals surface area contributed by atoms with Gasteiger partial charge in [-0.2, -0.15) is 0 Å². The minimum Gasteiger partial charge on any atom is -0.382 e. The molecule has 1 aromatic rings. The van der Waals surface area contributed by atoms with Crippen molar-refractivity contribution in [1.29, 1.82) is 0 Å². The smallest absolute Gasteiger partial charge is 0.131 e. The molecule has 2 rings (SSSR count). The minimum atomic E-state index is 0.562. The number of nitrogens with one attached hydrogen (secondary N) is 1. The highest BCUT2D eigenvalue weighted by atomic mass is 35.5. The second-order valence-electron chi connectivity index (χ2n) is 4.82. The molecule has 1 fully saturated rings. The lowest BCUT2D eigenvalue weighted by Gasteiger charge is -2.17. The molecule has 1 heterocycles. The molecule has 0 saturated heterocycles. The van der Waals surface area contributed by atoms with Gasteiger partial charge in [0.25, 0.3) is 0 Å². The first kappa shape index (κ1) is 11.7. The van der Waals surface area contributed by atoms with Crippen LogP contribution in [0.4, 0.5) is 5.69 Å². The van der Waals surface area contributed by atoms with Crippen LogP contribution in [0.1, 0.15) is 39.0 Å². The summed E-state index contributed by atoms with van der Waals surface area (Å²) in [5, 5.41) is 4.12. The van der Waals surface area contributed by atoms with Gasteiger partial charge in [-0.25, -0.2) is 4.98 Å². The second kappa shape index (κ2) is 5.53. The second-order valence-corrected chi connectivity index (χ2v) is 5.21. The average molecular weight is 239 g/mol. The number of pyridine rings is 1. The Bertz CT molecular complexity index is 340. The fourth-order valence-electron chi connectivity index (χ4n) is 2.36. The molecule has 1 aromatic heterocycles. The normalized spacial score (nSPS) is 26.1. The lowest BCUT2D eigenvalue weighted by Crippen LogP contribution is -2.18. The van der Waals surface area contributed by atoms with E-state index in [9.17, 15) is 0 Å². The highest BCUT2D eigenvalue weighted by molar-refractivity contribution is 6.29. The topological polar surface area (TPSA) is 24.9 Å². The van der Waals surface area contributed by atoms with Crippen LogP contribution in [0.5, 0.6) is 0 Å². The molecule has 2 nitrogen and oxygen atoms in total. The van der Waals surface area contributed by atoms with Crippen LogP contribution < -0.4 is 5.32 Å². The molecule has 0 amide bonds. The van der Waals surface area contributed by atoms with Crippen LogP contribution in [0, 0.1) is 5.92 Å². The summed E-state index contributed by atoms with van der Waals surface area (Å²) in [6.07, 6.45) is 8.32. The summed E-state index contributed by atoms with van der Waals surface area (Å²) in [7, 11) is 0. The van der Waals surface area contributed by atoms with Crippen molar-refractivity contribution in [2.24, 2.45) is 5.92 Å². The highest BCUT2D eigenvalue weighted by Crippen LogP contribution is 2.25. The van der Waals surface area contributed by atoms with Gasteiger partial charge in [-0.05, 0) is 37.3 Å². The molecule has 3 heteroatoms. The Kier molecular flexibility index (Phi) is 4.05. The first-order valence-electron chi connectivity index (χ1n) is 6.12. The third kappa shape index (κ3) is 3.38. The van der Waals surface area contributed by atoms with Crippen molar-refractivity contribution in [2.75, 3.05) is 5.32 Å². The first-order valence-corrected chi connectivity index (χ1v) is 6.50. The molecule has 1 aliphatic carbocycles. The van der Waals surface area contributed by atoms with Gasteiger partial charge in [0.05, 0.1) is 0 Å². The molecular weight excluding hydrogens is 220 g/mol. The fraction of sp³-hybridized carbons (Fsp3) is 0.615. The van der Waals surface area contributed by atoms with Gasteiger partial charge in [0.15, 0.2) is 0 Å². The van der Waals surface area contributed by atoms with Gasteiger partial charge in [0.1, 0.15) is 5.15 Å². The van der Waals surface area contributed by atoms with Crippen LogP contribution in [-0.4, -0.2) is 11.0 Å². The van der Waals surface area contributed by atoms with E-state index >= 15 is 0 Å². The number of anilines is 1. The van der Waals surface area contributed by atoms with Crippen molar-refractivity contribution in [2.45, 2.75) is 45.1 Å². The monoisotopic (exact) mass is 238 g/mol. The zero-order valence-corrected chi connectivity index (χ0v) is 10.5. The maximum atomic E-state index is 5.87. The van der Waals surface area contributed by atoms with E-state index in [2.05, 4.69) is 17.2 Å².